The summed E-state index contributed by atoms with van der Waals surface area (Å²) >= 11 is 0. The summed E-state index contributed by atoms with van der Waals surface area (Å²) in [7, 11) is 1.26. The number of halogens is 1. The van der Waals surface area contributed by atoms with E-state index in [0.29, 0.717) is 5.01 Å². The van der Waals surface area contributed by atoms with E-state index in [1.807, 2.05) is 0 Å². The van der Waals surface area contributed by atoms with Crippen LogP contribution in [-0.4, -0.2) is 18.0 Å². The minimum Gasteiger partial charge on any atom is -0.339 e. The first kappa shape index (κ1) is 12.5. The maximum absolute atomic E-state index is 13.4. The number of benzene rings is 1. The molecular formula is C8H8FN5O3. The molecule has 0 aliphatic carbocycles. The summed E-state index contributed by atoms with van der Waals surface area (Å²) in [4.78, 5) is 21.0. The fourth-order valence-corrected chi connectivity index (χ4v) is 1.09. The third kappa shape index (κ3) is 2.51. The number of nitro benzene ring substituents is 1. The van der Waals surface area contributed by atoms with Gasteiger partial charge < -0.3 is 5.32 Å². The smallest absolute Gasteiger partial charge is 0.339 e. The molecule has 2 N–H and O–H groups in total. The number of urea groups is 1. The van der Waals surface area contributed by atoms with Crippen molar-refractivity contribution >= 4 is 17.4 Å². The molecule has 0 aliphatic heterocycles. The molecule has 0 bridgehead atoms. The predicted octanol–water partition coefficient (Wildman–Crippen LogP) is 1.83. The molecule has 0 aromatic heterocycles. The van der Waals surface area contributed by atoms with Gasteiger partial charge in [-0.1, -0.05) is 5.22 Å². The van der Waals surface area contributed by atoms with Gasteiger partial charge in [-0.3, -0.25) is 10.1 Å². The molecule has 90 valence electrons. The standard InChI is InChI=1S/C8H8FN5O3/c1-11-8(15)13(12-10)7-4-5(14(16)17)2-3-6(7)9/h2-4,10H,1H3,(H,11,15). The van der Waals surface area contributed by atoms with Gasteiger partial charge in [0.15, 0.2) is 0 Å². The second-order valence-electron chi connectivity index (χ2n) is 2.86. The number of nitro groups is 1. The number of rotatable bonds is 3. The minimum absolute atomic E-state index is 0.377. The van der Waals surface area contributed by atoms with E-state index < -0.39 is 28.1 Å². The Hall–Kier alpha value is -2.58. The minimum atomic E-state index is -0.893. The number of amides is 2. The molecular weight excluding hydrogens is 233 g/mol. The third-order valence-electron chi connectivity index (χ3n) is 1.87. The van der Waals surface area contributed by atoms with Gasteiger partial charge in [-0.05, 0) is 6.07 Å². The third-order valence-corrected chi connectivity index (χ3v) is 1.87. The van der Waals surface area contributed by atoms with Crippen molar-refractivity contribution in [1.82, 2.24) is 5.32 Å². The van der Waals surface area contributed by atoms with E-state index in [9.17, 15) is 19.3 Å². The maximum Gasteiger partial charge on any atom is 0.343 e. The Morgan fingerprint density at radius 1 is 1.65 bits per heavy atom. The van der Waals surface area contributed by atoms with Crippen LogP contribution in [0.2, 0.25) is 0 Å². The van der Waals surface area contributed by atoms with Crippen molar-refractivity contribution in [1.29, 1.82) is 5.53 Å². The highest BCUT2D eigenvalue weighted by molar-refractivity contribution is 5.91. The summed E-state index contributed by atoms with van der Waals surface area (Å²) in [5, 5.41) is 15.8. The first-order valence-electron chi connectivity index (χ1n) is 4.34. The molecule has 0 unspecified atom stereocenters. The Morgan fingerprint density at radius 3 is 2.76 bits per heavy atom. The Bertz CT molecular complexity index is 478. The topological polar surface area (TPSA) is 112 Å². The van der Waals surface area contributed by atoms with Crippen molar-refractivity contribution in [2.24, 2.45) is 5.22 Å². The van der Waals surface area contributed by atoms with Crippen LogP contribution in [0.1, 0.15) is 0 Å². The highest BCUT2D eigenvalue weighted by atomic mass is 19.1. The number of hydrogen-bond acceptors (Lipinski definition) is 5. The fourth-order valence-electron chi connectivity index (χ4n) is 1.09. The normalized spacial score (nSPS) is 9.53. The number of nitrogens with zero attached hydrogens (tertiary/aromatic N) is 3. The molecule has 1 aromatic carbocycles. The zero-order chi connectivity index (χ0) is 13.0. The van der Waals surface area contributed by atoms with Crippen LogP contribution in [0.4, 0.5) is 20.6 Å². The lowest BCUT2D eigenvalue weighted by Crippen LogP contribution is -2.34. The molecule has 1 aromatic rings. The lowest BCUT2D eigenvalue weighted by Gasteiger charge is -2.14. The van der Waals surface area contributed by atoms with Crippen molar-refractivity contribution in [3.63, 3.8) is 0 Å². The lowest BCUT2D eigenvalue weighted by atomic mass is 10.2. The van der Waals surface area contributed by atoms with Crippen molar-refractivity contribution in [2.75, 3.05) is 12.1 Å². The zero-order valence-electron chi connectivity index (χ0n) is 8.68. The summed E-state index contributed by atoms with van der Waals surface area (Å²) in [6.45, 7) is 0. The molecule has 0 heterocycles. The second-order valence-corrected chi connectivity index (χ2v) is 2.86. The molecule has 0 aliphatic rings. The van der Waals surface area contributed by atoms with Crippen LogP contribution in [0, 0.1) is 21.5 Å². The van der Waals surface area contributed by atoms with Crippen molar-refractivity contribution in [2.45, 2.75) is 0 Å². The highest BCUT2D eigenvalue weighted by Gasteiger charge is 2.21. The molecule has 0 radical (unpaired) electrons. The van der Waals surface area contributed by atoms with Gasteiger partial charge in [-0.25, -0.2) is 9.18 Å². The highest BCUT2D eigenvalue weighted by Crippen LogP contribution is 2.25. The lowest BCUT2D eigenvalue weighted by molar-refractivity contribution is -0.384. The summed E-state index contributed by atoms with van der Waals surface area (Å²) in [6.07, 6.45) is 0. The van der Waals surface area contributed by atoms with Crippen LogP contribution in [0.15, 0.2) is 23.4 Å². The van der Waals surface area contributed by atoms with Gasteiger partial charge in [0.05, 0.1) is 4.92 Å². The Kier molecular flexibility index (Phi) is 3.65. The SMILES string of the molecule is CNC(=O)N(N=N)c1cc([N+](=O)[O-])ccc1F. The predicted molar refractivity (Wildman–Crippen MR) is 55.1 cm³/mol. The van der Waals surface area contributed by atoms with Gasteiger partial charge >= 0.3 is 6.03 Å². The van der Waals surface area contributed by atoms with Crippen LogP contribution >= 0.6 is 0 Å². The van der Waals surface area contributed by atoms with Crippen LogP contribution in [0.3, 0.4) is 0 Å². The average Bonchev–Trinajstić information content (AvgIpc) is 2.31. The van der Waals surface area contributed by atoms with E-state index in [-0.39, 0.29) is 0 Å². The van der Waals surface area contributed by atoms with Gasteiger partial charge in [-0.15, -0.1) is 0 Å². The van der Waals surface area contributed by atoms with E-state index in [4.69, 9.17) is 5.53 Å². The Balaban J connectivity index is 3.27. The molecule has 2 amide bonds. The molecule has 0 fully saturated rings. The van der Waals surface area contributed by atoms with Gasteiger partial charge in [-0.2, -0.15) is 10.5 Å². The van der Waals surface area contributed by atoms with Crippen LogP contribution in [-0.2, 0) is 0 Å². The second kappa shape index (κ2) is 4.96. The molecule has 0 saturated heterocycles. The van der Waals surface area contributed by atoms with Crippen molar-refractivity contribution in [3.8, 4) is 0 Å². The quantitative estimate of drug-likeness (QED) is 0.478. The number of non-ortho nitro benzene ring substituents is 1. The average molecular weight is 241 g/mol. The monoisotopic (exact) mass is 241 g/mol. The van der Waals surface area contributed by atoms with Crippen LogP contribution in [0.5, 0.6) is 0 Å². The van der Waals surface area contributed by atoms with E-state index in [2.05, 4.69) is 10.5 Å². The zero-order valence-corrected chi connectivity index (χ0v) is 8.68. The molecule has 0 atom stereocenters. The van der Waals surface area contributed by atoms with Crippen molar-refractivity contribution in [3.05, 3.63) is 34.1 Å². The first-order chi connectivity index (χ1) is 8.01. The summed E-state index contributed by atoms with van der Waals surface area (Å²) < 4.78 is 13.4. The van der Waals surface area contributed by atoms with E-state index in [1.165, 1.54) is 7.05 Å². The molecule has 9 heteroatoms. The largest absolute Gasteiger partial charge is 0.343 e. The summed E-state index contributed by atoms with van der Waals surface area (Å²) in [6, 6.07) is 1.72. The maximum atomic E-state index is 13.4. The Labute approximate surface area is 94.7 Å². The molecule has 17 heavy (non-hydrogen) atoms. The van der Waals surface area contributed by atoms with Gasteiger partial charge in [0.2, 0.25) is 0 Å². The Morgan fingerprint density at radius 2 is 2.29 bits per heavy atom. The van der Waals surface area contributed by atoms with E-state index >= 15 is 0 Å². The first-order valence-corrected chi connectivity index (χ1v) is 4.34. The number of carbonyl (C=O) groups excluding carboxylic acids is 1. The number of anilines is 1. The molecule has 8 nitrogen and oxygen atoms in total. The molecule has 0 saturated carbocycles. The molecule has 0 spiro atoms. The van der Waals surface area contributed by atoms with Crippen molar-refractivity contribution < 1.29 is 14.1 Å². The summed E-state index contributed by atoms with van der Waals surface area (Å²) in [5.74, 6) is -0.893. The number of hydrogen-bond donors (Lipinski definition) is 2. The fraction of sp³-hybridized carbons (Fsp3) is 0.125. The van der Waals surface area contributed by atoms with Gasteiger partial charge in [0.25, 0.3) is 5.69 Å². The number of carbonyl (C=O) groups is 1. The van der Waals surface area contributed by atoms with Crippen LogP contribution in [0.25, 0.3) is 0 Å². The van der Waals surface area contributed by atoms with Gasteiger partial charge in [0, 0.05) is 19.2 Å². The van der Waals surface area contributed by atoms with E-state index in [0.717, 1.165) is 18.2 Å². The van der Waals surface area contributed by atoms with E-state index in [1.54, 1.807) is 0 Å². The number of nitrogens with one attached hydrogen (secondary N) is 2. The van der Waals surface area contributed by atoms with Gasteiger partial charge in [0.1, 0.15) is 11.5 Å². The molecule has 1 rings (SSSR count). The van der Waals surface area contributed by atoms with Crippen LogP contribution < -0.4 is 10.3 Å². The summed E-state index contributed by atoms with van der Waals surface area (Å²) in [5.41, 5.74) is 5.89.